The van der Waals surface area contributed by atoms with E-state index in [1.165, 1.54) is 67.8 Å². The molecule has 0 bridgehead atoms. The number of alkyl halides is 4. The van der Waals surface area contributed by atoms with E-state index in [9.17, 15) is 27.6 Å². The Morgan fingerprint density at radius 1 is 0.793 bits per heavy atom. The maximum absolute atomic E-state index is 16.8. The van der Waals surface area contributed by atoms with Gasteiger partial charge in [0.05, 0.1) is 29.4 Å². The minimum atomic E-state index is -5.01. The molecule has 58 heavy (non-hydrogen) atoms. The van der Waals surface area contributed by atoms with E-state index in [0.717, 1.165) is 10.9 Å². The van der Waals surface area contributed by atoms with E-state index in [1.54, 1.807) is 54.6 Å². The number of nitrogens with zero attached hydrogens (tertiary/aromatic N) is 2. The molecule has 302 valence electrons. The molecule has 16 heteroatoms. The third-order valence-corrected chi connectivity index (χ3v) is 8.98. The summed E-state index contributed by atoms with van der Waals surface area (Å²) in [4.78, 5) is 40.1. The number of hydrogen-bond acceptors (Lipinski definition) is 11. The van der Waals surface area contributed by atoms with Gasteiger partial charge in [0.25, 0.3) is 0 Å². The summed E-state index contributed by atoms with van der Waals surface area (Å²) in [6, 6.07) is 29.0. The number of halogens is 4. The molecule has 0 amide bonds. The predicted molar refractivity (Wildman–Crippen MR) is 199 cm³/mol. The first kappa shape index (κ1) is 41.1. The molecule has 0 radical (unpaired) electrons. The van der Waals surface area contributed by atoms with E-state index in [4.69, 9.17) is 33.8 Å². The van der Waals surface area contributed by atoms with Crippen molar-refractivity contribution in [2.75, 3.05) is 13.7 Å². The molecule has 12 nitrogen and oxygen atoms in total. The molecule has 0 spiro atoms. The maximum Gasteiger partial charge on any atom is 0.435 e. The third-order valence-electron chi connectivity index (χ3n) is 8.98. The van der Waals surface area contributed by atoms with Gasteiger partial charge in [-0.05, 0) is 60.3 Å². The van der Waals surface area contributed by atoms with Crippen molar-refractivity contribution in [1.29, 1.82) is 5.41 Å². The normalized spacial score (nSPS) is 19.1. The second-order valence-electron chi connectivity index (χ2n) is 12.9. The summed E-state index contributed by atoms with van der Waals surface area (Å²) < 4.78 is 96.3. The van der Waals surface area contributed by atoms with Crippen LogP contribution in [0.5, 0.6) is 11.6 Å². The van der Waals surface area contributed by atoms with Gasteiger partial charge in [0.1, 0.15) is 18.5 Å². The summed E-state index contributed by atoms with van der Waals surface area (Å²) >= 11 is 0. The molecule has 1 aliphatic heterocycles. The molecule has 1 N–H and O–H groups in total. The van der Waals surface area contributed by atoms with Crippen molar-refractivity contribution < 1.29 is 60.4 Å². The number of rotatable bonds is 15. The number of carbonyl (C=O) groups is 3. The van der Waals surface area contributed by atoms with Gasteiger partial charge in [-0.2, -0.15) is 18.3 Å². The number of aryl methyl sites for hydroxylation is 1. The van der Waals surface area contributed by atoms with Crippen LogP contribution >= 0.6 is 0 Å². The Kier molecular flexibility index (Phi) is 13.2. The first-order valence-corrected chi connectivity index (χ1v) is 18.0. The number of methoxy groups -OCH3 is 1. The van der Waals surface area contributed by atoms with Crippen LogP contribution < -0.4 is 9.47 Å². The molecule has 2 heterocycles. The molecule has 5 atom stereocenters. The summed E-state index contributed by atoms with van der Waals surface area (Å²) in [7, 11) is 1.43. The lowest BCUT2D eigenvalue weighted by Gasteiger charge is -2.42. The minimum Gasteiger partial charge on any atom is -0.497 e. The van der Waals surface area contributed by atoms with Crippen LogP contribution in [0.3, 0.4) is 0 Å². The van der Waals surface area contributed by atoms with Gasteiger partial charge in [0, 0.05) is 19.4 Å². The van der Waals surface area contributed by atoms with E-state index in [-0.39, 0.29) is 29.7 Å². The maximum atomic E-state index is 16.8. The molecule has 1 fully saturated rings. The Morgan fingerprint density at radius 3 is 1.84 bits per heavy atom. The van der Waals surface area contributed by atoms with Crippen molar-refractivity contribution in [3.63, 3.8) is 0 Å². The summed E-state index contributed by atoms with van der Waals surface area (Å²) in [5.41, 5.74) is -1.27. The first-order valence-electron chi connectivity index (χ1n) is 18.0. The fourth-order valence-corrected chi connectivity index (χ4v) is 6.10. The Hall–Kier alpha value is -6.55. The molecule has 0 aliphatic carbocycles. The largest absolute Gasteiger partial charge is 0.497 e. The number of ether oxygens (including phenoxy) is 6. The van der Waals surface area contributed by atoms with Crippen LogP contribution in [0.4, 0.5) is 17.6 Å². The van der Waals surface area contributed by atoms with Gasteiger partial charge in [-0.1, -0.05) is 66.7 Å². The molecule has 5 aromatic rings. The van der Waals surface area contributed by atoms with Gasteiger partial charge in [0.2, 0.25) is 18.3 Å². The Balaban J connectivity index is 1.45. The van der Waals surface area contributed by atoms with Crippen molar-refractivity contribution in [3.05, 3.63) is 149 Å². The van der Waals surface area contributed by atoms with Crippen molar-refractivity contribution in [3.8, 4) is 11.6 Å². The standard InChI is InChI=1S/C42H37F4N3O9/c1-53-30-20-18-26(19-21-30)24-31-36(42(44,45)46)48-49(23-11-22-47)37(31)58-41-35(57-40(52)29-16-9-4-10-17-29)34(56-39(51)28-14-7-3-8-15-28)33(43)32(55-41)25-54-38(50)27-12-5-2-6-13-27/h2-10,12-22,32-35,41,47H,11,23-25H2,1H3/t32-,33-,34+,35-,41?/m1/s1. The van der Waals surface area contributed by atoms with E-state index >= 15 is 4.39 Å². The van der Waals surface area contributed by atoms with Crippen LogP contribution in [-0.4, -0.2) is 78.4 Å². The van der Waals surface area contributed by atoms with E-state index in [1.807, 2.05) is 0 Å². The van der Waals surface area contributed by atoms with E-state index in [0.29, 0.717) is 11.3 Å². The fraction of sp³-hybridized carbons (Fsp3) is 0.262. The van der Waals surface area contributed by atoms with Crippen molar-refractivity contribution in [1.82, 2.24) is 9.78 Å². The van der Waals surface area contributed by atoms with Crippen LogP contribution in [-0.2, 0) is 38.1 Å². The quantitative estimate of drug-likeness (QED) is 0.0495. The lowest BCUT2D eigenvalue weighted by Crippen LogP contribution is -2.61. The number of esters is 3. The van der Waals surface area contributed by atoms with Crippen LogP contribution in [0.2, 0.25) is 0 Å². The first-order chi connectivity index (χ1) is 28.0. The third kappa shape index (κ3) is 9.87. The van der Waals surface area contributed by atoms with Crippen molar-refractivity contribution >= 4 is 24.1 Å². The minimum absolute atomic E-state index is 0.000156. The average Bonchev–Trinajstić information content (AvgIpc) is 3.59. The molecule has 1 aliphatic rings. The molecular formula is C42H37F4N3O9. The highest BCUT2D eigenvalue weighted by molar-refractivity contribution is 5.90. The molecule has 1 saturated heterocycles. The summed E-state index contributed by atoms with van der Waals surface area (Å²) in [5, 5.41) is 11.4. The summed E-state index contributed by atoms with van der Waals surface area (Å²) in [6.45, 7) is -1.06. The SMILES string of the molecule is COc1ccc(Cc2c(C(F)(F)F)nn(CCC=N)c2OC2O[C@H](COC(=O)c3ccccc3)[C@@H](F)[C@H](OC(=O)c3ccccc3)[C@H]2OC(=O)c2ccccc2)cc1. The zero-order valence-electron chi connectivity index (χ0n) is 30.8. The van der Waals surface area contributed by atoms with Gasteiger partial charge < -0.3 is 33.8 Å². The highest BCUT2D eigenvalue weighted by Gasteiger charge is 2.53. The van der Waals surface area contributed by atoms with Crippen LogP contribution in [0, 0.1) is 5.41 Å². The smallest absolute Gasteiger partial charge is 0.435 e. The molecule has 6 rings (SSSR count). The Morgan fingerprint density at radius 2 is 1.33 bits per heavy atom. The van der Waals surface area contributed by atoms with Crippen LogP contribution in [0.1, 0.15) is 54.3 Å². The summed E-state index contributed by atoms with van der Waals surface area (Å²) in [5.74, 6) is -2.99. The number of hydrogen-bond donors (Lipinski definition) is 1. The zero-order valence-corrected chi connectivity index (χ0v) is 30.8. The van der Waals surface area contributed by atoms with Gasteiger partial charge >= 0.3 is 24.1 Å². The lowest BCUT2D eigenvalue weighted by atomic mass is 9.99. The number of carbonyl (C=O) groups excluding carboxylic acids is 3. The van der Waals surface area contributed by atoms with Crippen LogP contribution in [0.15, 0.2) is 115 Å². The van der Waals surface area contributed by atoms with Gasteiger partial charge in [-0.15, -0.1) is 0 Å². The Bertz CT molecular complexity index is 2170. The predicted octanol–water partition coefficient (Wildman–Crippen LogP) is 7.29. The lowest BCUT2D eigenvalue weighted by molar-refractivity contribution is -0.265. The molecule has 1 aromatic heterocycles. The monoisotopic (exact) mass is 803 g/mol. The summed E-state index contributed by atoms with van der Waals surface area (Å²) in [6.07, 6.45) is -14.6. The fourth-order valence-electron chi connectivity index (χ4n) is 6.10. The average molecular weight is 804 g/mol. The van der Waals surface area contributed by atoms with E-state index < -0.39 is 85.0 Å². The topological polar surface area (TPSA) is 148 Å². The van der Waals surface area contributed by atoms with Gasteiger partial charge in [-0.25, -0.2) is 23.5 Å². The highest BCUT2D eigenvalue weighted by atomic mass is 19.4. The molecular weight excluding hydrogens is 766 g/mol. The number of benzene rings is 4. The second-order valence-corrected chi connectivity index (χ2v) is 12.9. The zero-order chi connectivity index (χ0) is 41.2. The molecule has 4 aromatic carbocycles. The molecule has 0 saturated carbocycles. The highest BCUT2D eigenvalue weighted by Crippen LogP contribution is 2.40. The molecule has 1 unspecified atom stereocenters. The van der Waals surface area contributed by atoms with Gasteiger partial charge in [0.15, 0.2) is 18.0 Å². The van der Waals surface area contributed by atoms with Gasteiger partial charge in [-0.3, -0.25) is 0 Å². The Labute approximate surface area is 329 Å². The second kappa shape index (κ2) is 18.6. The van der Waals surface area contributed by atoms with Crippen LogP contribution in [0.25, 0.3) is 0 Å². The number of nitrogens with one attached hydrogen (secondary N) is 1. The number of aromatic nitrogens is 2. The van der Waals surface area contributed by atoms with Crippen molar-refractivity contribution in [2.45, 2.75) is 56.3 Å². The van der Waals surface area contributed by atoms with E-state index in [2.05, 4.69) is 5.10 Å². The van der Waals surface area contributed by atoms with Crippen molar-refractivity contribution in [2.24, 2.45) is 0 Å².